The summed E-state index contributed by atoms with van der Waals surface area (Å²) in [5.74, 6) is -9.13. The molecule has 0 N–H and O–H groups in total. The topological polar surface area (TPSA) is 0 Å². The molecular formula is C19H9F7. The number of alkyl halides is 3. The van der Waals surface area contributed by atoms with Gasteiger partial charge in [-0.25, -0.2) is 17.6 Å². The van der Waals surface area contributed by atoms with E-state index in [4.69, 9.17) is 0 Å². The van der Waals surface area contributed by atoms with Gasteiger partial charge in [0.2, 0.25) is 0 Å². The molecule has 26 heavy (non-hydrogen) atoms. The van der Waals surface area contributed by atoms with Crippen LogP contribution in [0.4, 0.5) is 30.7 Å². The van der Waals surface area contributed by atoms with Crippen molar-refractivity contribution in [1.29, 1.82) is 0 Å². The Bertz CT molecular complexity index is 913. The Morgan fingerprint density at radius 3 is 1.38 bits per heavy atom. The van der Waals surface area contributed by atoms with E-state index in [0.717, 1.165) is 5.56 Å². The summed E-state index contributed by atoms with van der Waals surface area (Å²) in [6.07, 6.45) is -5.56. The lowest BCUT2D eigenvalue weighted by atomic mass is 9.98. The minimum absolute atomic E-state index is 0.286. The number of halogens is 7. The summed E-state index contributed by atoms with van der Waals surface area (Å²) < 4.78 is 93.5. The molecule has 3 aromatic carbocycles. The molecule has 0 nitrogen and oxygen atoms in total. The zero-order chi connectivity index (χ0) is 19.1. The van der Waals surface area contributed by atoms with Crippen LogP contribution in [0.15, 0.2) is 54.6 Å². The summed E-state index contributed by atoms with van der Waals surface area (Å²) in [5.41, 5.74) is -2.62. The fourth-order valence-corrected chi connectivity index (χ4v) is 2.59. The van der Waals surface area contributed by atoms with E-state index in [1.807, 2.05) is 0 Å². The Morgan fingerprint density at radius 2 is 0.923 bits per heavy atom. The van der Waals surface area contributed by atoms with Gasteiger partial charge in [0.15, 0.2) is 23.3 Å². The van der Waals surface area contributed by atoms with Gasteiger partial charge >= 0.3 is 6.18 Å². The monoisotopic (exact) mass is 370 g/mol. The molecule has 3 aromatic rings. The molecule has 3 rings (SSSR count). The van der Waals surface area contributed by atoms with Gasteiger partial charge in [0.05, 0.1) is 5.56 Å². The normalized spacial score (nSPS) is 11.7. The standard InChI is InChI=1S/C19H9F7/c20-15-13(16(21)18(23)14(17(15)22)19(24,25)26)12-8-6-11(7-9-12)10-4-2-1-3-5-10/h1-9H. The Morgan fingerprint density at radius 1 is 0.500 bits per heavy atom. The van der Waals surface area contributed by atoms with Gasteiger partial charge in [-0.05, 0) is 16.7 Å². The first-order valence-electron chi connectivity index (χ1n) is 7.30. The minimum Gasteiger partial charge on any atom is -0.203 e. The third kappa shape index (κ3) is 3.05. The molecule has 134 valence electrons. The van der Waals surface area contributed by atoms with Gasteiger partial charge in [-0.2, -0.15) is 13.2 Å². The second kappa shape index (κ2) is 6.48. The van der Waals surface area contributed by atoms with Crippen LogP contribution < -0.4 is 0 Å². The van der Waals surface area contributed by atoms with Crippen molar-refractivity contribution < 1.29 is 30.7 Å². The van der Waals surface area contributed by atoms with E-state index in [2.05, 4.69) is 0 Å². The smallest absolute Gasteiger partial charge is 0.203 e. The maximum Gasteiger partial charge on any atom is 0.422 e. The molecule has 0 amide bonds. The summed E-state index contributed by atoms with van der Waals surface area (Å²) in [4.78, 5) is 0. The van der Waals surface area contributed by atoms with Gasteiger partial charge in [0.1, 0.15) is 5.56 Å². The van der Waals surface area contributed by atoms with Crippen molar-refractivity contribution in [2.45, 2.75) is 6.18 Å². The van der Waals surface area contributed by atoms with Crippen LogP contribution in [-0.2, 0) is 6.18 Å². The quantitative estimate of drug-likeness (QED) is 0.352. The molecule has 7 heteroatoms. The second-order valence-electron chi connectivity index (χ2n) is 5.45. The lowest BCUT2D eigenvalue weighted by Crippen LogP contribution is -2.16. The van der Waals surface area contributed by atoms with Crippen LogP contribution >= 0.6 is 0 Å². The first-order valence-corrected chi connectivity index (χ1v) is 7.30. The van der Waals surface area contributed by atoms with Crippen molar-refractivity contribution in [3.05, 3.63) is 83.4 Å². The summed E-state index contributed by atoms with van der Waals surface area (Å²) in [7, 11) is 0. The predicted octanol–water partition coefficient (Wildman–Crippen LogP) is 6.60. The van der Waals surface area contributed by atoms with E-state index in [0.29, 0.717) is 5.56 Å². The van der Waals surface area contributed by atoms with E-state index >= 15 is 0 Å². The van der Waals surface area contributed by atoms with Gasteiger partial charge in [-0.1, -0.05) is 54.6 Å². The number of benzene rings is 3. The fourth-order valence-electron chi connectivity index (χ4n) is 2.59. The Hall–Kier alpha value is -2.83. The van der Waals surface area contributed by atoms with Gasteiger partial charge in [-0.15, -0.1) is 0 Å². The third-order valence-electron chi connectivity index (χ3n) is 3.83. The lowest BCUT2D eigenvalue weighted by Gasteiger charge is -2.14. The average molecular weight is 370 g/mol. The average Bonchev–Trinajstić information content (AvgIpc) is 2.61. The molecule has 0 aliphatic heterocycles. The van der Waals surface area contributed by atoms with Crippen LogP contribution in [0.5, 0.6) is 0 Å². The maximum absolute atomic E-state index is 14.1. The van der Waals surface area contributed by atoms with Crippen molar-refractivity contribution >= 4 is 0 Å². The molecular weight excluding hydrogens is 361 g/mol. The molecule has 0 heterocycles. The Balaban J connectivity index is 2.13. The van der Waals surface area contributed by atoms with Crippen LogP contribution in [0.3, 0.4) is 0 Å². The highest BCUT2D eigenvalue weighted by molar-refractivity contribution is 5.71. The molecule has 0 radical (unpaired) electrons. The van der Waals surface area contributed by atoms with Crippen LogP contribution in [-0.4, -0.2) is 0 Å². The summed E-state index contributed by atoms with van der Waals surface area (Å²) in [6, 6.07) is 14.1. The third-order valence-corrected chi connectivity index (χ3v) is 3.83. The van der Waals surface area contributed by atoms with Gasteiger partial charge in [0, 0.05) is 0 Å². The molecule has 0 spiro atoms. The molecule has 0 aliphatic carbocycles. The van der Waals surface area contributed by atoms with Crippen molar-refractivity contribution in [1.82, 2.24) is 0 Å². The highest BCUT2D eigenvalue weighted by Crippen LogP contribution is 2.40. The highest BCUT2D eigenvalue weighted by atomic mass is 19.4. The zero-order valence-electron chi connectivity index (χ0n) is 12.8. The molecule has 0 atom stereocenters. The van der Waals surface area contributed by atoms with Crippen molar-refractivity contribution in [3.63, 3.8) is 0 Å². The van der Waals surface area contributed by atoms with Crippen molar-refractivity contribution in [2.24, 2.45) is 0 Å². The summed E-state index contributed by atoms with van der Waals surface area (Å²) in [5, 5.41) is 0. The predicted molar refractivity (Wildman–Crippen MR) is 82.1 cm³/mol. The molecule has 0 fully saturated rings. The summed E-state index contributed by atoms with van der Waals surface area (Å²) >= 11 is 0. The lowest BCUT2D eigenvalue weighted by molar-refractivity contribution is -0.143. The van der Waals surface area contributed by atoms with E-state index in [1.165, 1.54) is 24.3 Å². The van der Waals surface area contributed by atoms with E-state index in [-0.39, 0.29) is 5.56 Å². The molecule has 0 saturated heterocycles. The molecule has 0 aromatic heterocycles. The van der Waals surface area contributed by atoms with E-state index in [9.17, 15) is 30.7 Å². The minimum atomic E-state index is -5.56. The first kappa shape index (κ1) is 18.0. The van der Waals surface area contributed by atoms with Crippen molar-refractivity contribution in [3.8, 4) is 22.3 Å². The number of rotatable bonds is 2. The van der Waals surface area contributed by atoms with Crippen molar-refractivity contribution in [2.75, 3.05) is 0 Å². The largest absolute Gasteiger partial charge is 0.422 e. The summed E-state index contributed by atoms with van der Waals surface area (Å²) in [6.45, 7) is 0. The molecule has 0 saturated carbocycles. The highest BCUT2D eigenvalue weighted by Gasteiger charge is 2.42. The van der Waals surface area contributed by atoms with E-state index in [1.54, 1.807) is 30.3 Å². The SMILES string of the molecule is Fc1c(F)c(C(F)(F)F)c(F)c(F)c1-c1ccc(-c2ccccc2)cc1. The zero-order valence-corrected chi connectivity index (χ0v) is 12.8. The van der Waals surface area contributed by atoms with Gasteiger partial charge < -0.3 is 0 Å². The Labute approximate surface area is 143 Å². The van der Waals surface area contributed by atoms with Crippen LogP contribution in [0, 0.1) is 23.3 Å². The van der Waals surface area contributed by atoms with E-state index < -0.39 is 40.6 Å². The first-order chi connectivity index (χ1) is 12.2. The molecule has 0 bridgehead atoms. The van der Waals surface area contributed by atoms with Crippen LogP contribution in [0.1, 0.15) is 5.56 Å². The Kier molecular flexibility index (Phi) is 4.48. The molecule has 0 aliphatic rings. The van der Waals surface area contributed by atoms with Crippen LogP contribution in [0.2, 0.25) is 0 Å². The number of hydrogen-bond acceptors (Lipinski definition) is 0. The van der Waals surface area contributed by atoms with Gasteiger partial charge in [-0.3, -0.25) is 0 Å². The van der Waals surface area contributed by atoms with Gasteiger partial charge in [0.25, 0.3) is 0 Å². The number of hydrogen-bond donors (Lipinski definition) is 0. The molecule has 0 unspecified atom stereocenters. The van der Waals surface area contributed by atoms with Crippen LogP contribution in [0.25, 0.3) is 22.3 Å². The second-order valence-corrected chi connectivity index (χ2v) is 5.45. The fraction of sp³-hybridized carbons (Fsp3) is 0.0526. The maximum atomic E-state index is 14.1.